The second-order valence-corrected chi connectivity index (χ2v) is 5.33. The van der Waals surface area contributed by atoms with Crippen LogP contribution in [-0.4, -0.2) is 16.1 Å². The van der Waals surface area contributed by atoms with E-state index < -0.39 is 0 Å². The second kappa shape index (κ2) is 5.63. The summed E-state index contributed by atoms with van der Waals surface area (Å²) in [6, 6.07) is 5.42. The first-order valence-electron chi connectivity index (χ1n) is 5.80. The van der Waals surface area contributed by atoms with E-state index in [0.29, 0.717) is 16.0 Å². The molecule has 0 atom stereocenters. The number of anilines is 1. The lowest BCUT2D eigenvalue weighted by Crippen LogP contribution is -2.12. The van der Waals surface area contributed by atoms with Crippen LogP contribution in [0.5, 0.6) is 0 Å². The summed E-state index contributed by atoms with van der Waals surface area (Å²) in [5.41, 5.74) is 0.866. The molecule has 0 unspecified atom stereocenters. The molecular weight excluding hydrogens is 269 g/mol. The van der Waals surface area contributed by atoms with Crippen molar-refractivity contribution in [3.63, 3.8) is 0 Å². The number of nitrogens with zero attached hydrogens (tertiary/aromatic N) is 2. The van der Waals surface area contributed by atoms with Crippen molar-refractivity contribution >= 4 is 29.2 Å². The Bertz CT molecular complexity index is 535. The third-order valence-corrected chi connectivity index (χ3v) is 3.02. The molecule has 1 aromatic heterocycles. The highest BCUT2D eigenvalue weighted by Crippen LogP contribution is 2.26. The van der Waals surface area contributed by atoms with Gasteiger partial charge in [0.2, 0.25) is 5.95 Å². The van der Waals surface area contributed by atoms with Crippen LogP contribution in [0.15, 0.2) is 30.6 Å². The Balaban J connectivity index is 2.30. The van der Waals surface area contributed by atoms with Gasteiger partial charge < -0.3 is 5.32 Å². The second-order valence-electron chi connectivity index (χ2n) is 4.49. The molecule has 1 heterocycles. The van der Waals surface area contributed by atoms with Crippen LogP contribution in [0, 0.1) is 5.92 Å². The molecular formula is C13H15Cl2N3. The molecule has 0 fully saturated rings. The summed E-state index contributed by atoms with van der Waals surface area (Å²) in [5.74, 6) is 1.34. The summed E-state index contributed by atoms with van der Waals surface area (Å²) in [5, 5.41) is 4.52. The van der Waals surface area contributed by atoms with Gasteiger partial charge in [-0.1, -0.05) is 37.0 Å². The number of hydrogen-bond donors (Lipinski definition) is 1. The molecule has 0 bridgehead atoms. The van der Waals surface area contributed by atoms with Crippen molar-refractivity contribution in [2.45, 2.75) is 13.8 Å². The Labute approximate surface area is 117 Å². The summed E-state index contributed by atoms with van der Waals surface area (Å²) in [7, 11) is 0. The highest BCUT2D eigenvalue weighted by Gasteiger charge is 2.08. The van der Waals surface area contributed by atoms with E-state index >= 15 is 0 Å². The van der Waals surface area contributed by atoms with Crippen molar-refractivity contribution in [2.24, 2.45) is 5.92 Å². The van der Waals surface area contributed by atoms with E-state index in [9.17, 15) is 0 Å². The van der Waals surface area contributed by atoms with E-state index in [1.807, 2.05) is 22.9 Å². The standard InChI is InChI=1S/C13H15Cl2N3/c1-9(2)8-17-13-16-5-6-18(13)12-4-3-10(14)7-11(12)15/h3-7,9H,8H2,1-2H3,(H,16,17). The van der Waals surface area contributed by atoms with Gasteiger partial charge in [0.1, 0.15) is 0 Å². The number of halogens is 2. The topological polar surface area (TPSA) is 29.9 Å². The van der Waals surface area contributed by atoms with E-state index in [4.69, 9.17) is 23.2 Å². The third-order valence-electron chi connectivity index (χ3n) is 2.48. The van der Waals surface area contributed by atoms with Gasteiger partial charge in [-0.3, -0.25) is 4.57 Å². The largest absolute Gasteiger partial charge is 0.355 e. The number of aromatic nitrogens is 2. The van der Waals surface area contributed by atoms with Gasteiger partial charge in [0.25, 0.3) is 0 Å². The minimum Gasteiger partial charge on any atom is -0.355 e. The van der Waals surface area contributed by atoms with Gasteiger partial charge in [-0.25, -0.2) is 4.98 Å². The van der Waals surface area contributed by atoms with Crippen molar-refractivity contribution < 1.29 is 0 Å². The number of hydrogen-bond acceptors (Lipinski definition) is 2. The van der Waals surface area contributed by atoms with E-state index in [2.05, 4.69) is 24.1 Å². The van der Waals surface area contributed by atoms with Crippen LogP contribution in [0.3, 0.4) is 0 Å². The quantitative estimate of drug-likeness (QED) is 0.909. The SMILES string of the molecule is CC(C)CNc1nccn1-c1ccc(Cl)cc1Cl. The average molecular weight is 284 g/mol. The zero-order chi connectivity index (χ0) is 13.1. The van der Waals surface area contributed by atoms with Crippen molar-refractivity contribution in [3.05, 3.63) is 40.6 Å². The highest BCUT2D eigenvalue weighted by molar-refractivity contribution is 6.35. The van der Waals surface area contributed by atoms with Crippen LogP contribution in [0.2, 0.25) is 10.0 Å². The maximum absolute atomic E-state index is 6.19. The van der Waals surface area contributed by atoms with Gasteiger partial charge >= 0.3 is 0 Å². The summed E-state index contributed by atoms with van der Waals surface area (Å²) in [4.78, 5) is 4.29. The van der Waals surface area contributed by atoms with E-state index in [1.165, 1.54) is 0 Å². The van der Waals surface area contributed by atoms with Gasteiger partial charge in [-0.05, 0) is 24.1 Å². The molecule has 0 amide bonds. The fourth-order valence-corrected chi connectivity index (χ4v) is 2.10. The van der Waals surface area contributed by atoms with Crippen LogP contribution in [0.25, 0.3) is 5.69 Å². The van der Waals surface area contributed by atoms with Crippen LogP contribution in [-0.2, 0) is 0 Å². The molecule has 1 N–H and O–H groups in total. The van der Waals surface area contributed by atoms with Crippen molar-refractivity contribution in [3.8, 4) is 5.69 Å². The first-order valence-corrected chi connectivity index (χ1v) is 6.56. The molecule has 1 aromatic carbocycles. The van der Waals surface area contributed by atoms with Crippen molar-refractivity contribution in [2.75, 3.05) is 11.9 Å². The summed E-state index contributed by atoms with van der Waals surface area (Å²) < 4.78 is 1.92. The summed E-state index contributed by atoms with van der Waals surface area (Å²) >= 11 is 12.1. The Morgan fingerprint density at radius 3 is 2.78 bits per heavy atom. The lowest BCUT2D eigenvalue weighted by atomic mass is 10.2. The third kappa shape index (κ3) is 2.98. The number of imidazole rings is 1. The molecule has 0 radical (unpaired) electrons. The van der Waals surface area contributed by atoms with Gasteiger partial charge in [0, 0.05) is 24.0 Å². The number of rotatable bonds is 4. The van der Waals surface area contributed by atoms with Crippen LogP contribution in [0.4, 0.5) is 5.95 Å². The van der Waals surface area contributed by atoms with Crippen molar-refractivity contribution in [1.29, 1.82) is 0 Å². The predicted molar refractivity (Wildman–Crippen MR) is 76.9 cm³/mol. The Morgan fingerprint density at radius 1 is 1.33 bits per heavy atom. The molecule has 3 nitrogen and oxygen atoms in total. The molecule has 5 heteroatoms. The number of benzene rings is 1. The molecule has 0 spiro atoms. The normalized spacial score (nSPS) is 10.9. The molecule has 0 aliphatic rings. The van der Waals surface area contributed by atoms with Crippen LogP contribution >= 0.6 is 23.2 Å². The molecule has 96 valence electrons. The van der Waals surface area contributed by atoms with Gasteiger partial charge in [0.05, 0.1) is 10.7 Å². The Kier molecular flexibility index (Phi) is 4.15. The Morgan fingerprint density at radius 2 is 2.11 bits per heavy atom. The van der Waals surface area contributed by atoms with E-state index in [1.54, 1.807) is 12.3 Å². The van der Waals surface area contributed by atoms with Crippen LogP contribution in [0.1, 0.15) is 13.8 Å². The maximum Gasteiger partial charge on any atom is 0.207 e. The molecule has 2 rings (SSSR count). The zero-order valence-electron chi connectivity index (χ0n) is 10.3. The monoisotopic (exact) mass is 283 g/mol. The first kappa shape index (κ1) is 13.2. The maximum atomic E-state index is 6.19. The predicted octanol–water partition coefficient (Wildman–Crippen LogP) is 4.25. The van der Waals surface area contributed by atoms with Crippen LogP contribution < -0.4 is 5.32 Å². The van der Waals surface area contributed by atoms with E-state index in [0.717, 1.165) is 18.2 Å². The van der Waals surface area contributed by atoms with Gasteiger partial charge in [0.15, 0.2) is 0 Å². The lowest BCUT2D eigenvalue weighted by molar-refractivity contribution is 0.683. The minimum atomic E-state index is 0.552. The summed E-state index contributed by atoms with van der Waals surface area (Å²) in [6.45, 7) is 5.16. The molecule has 0 aliphatic carbocycles. The number of nitrogens with one attached hydrogen (secondary N) is 1. The molecule has 18 heavy (non-hydrogen) atoms. The smallest absolute Gasteiger partial charge is 0.207 e. The fourth-order valence-electron chi connectivity index (χ4n) is 1.60. The minimum absolute atomic E-state index is 0.552. The molecule has 0 saturated heterocycles. The molecule has 0 aliphatic heterocycles. The van der Waals surface area contributed by atoms with Gasteiger partial charge in [-0.2, -0.15) is 0 Å². The lowest BCUT2D eigenvalue weighted by Gasteiger charge is -2.12. The highest BCUT2D eigenvalue weighted by atomic mass is 35.5. The zero-order valence-corrected chi connectivity index (χ0v) is 11.8. The van der Waals surface area contributed by atoms with E-state index in [-0.39, 0.29) is 0 Å². The molecule has 2 aromatic rings. The molecule has 0 saturated carbocycles. The Hall–Kier alpha value is -1.19. The first-order chi connectivity index (χ1) is 8.58. The average Bonchev–Trinajstić information content (AvgIpc) is 2.74. The fraction of sp³-hybridized carbons (Fsp3) is 0.308. The summed E-state index contributed by atoms with van der Waals surface area (Å²) in [6.07, 6.45) is 3.62. The van der Waals surface area contributed by atoms with Crippen molar-refractivity contribution in [1.82, 2.24) is 9.55 Å². The van der Waals surface area contributed by atoms with Gasteiger partial charge in [-0.15, -0.1) is 0 Å².